The molecular weight excluding hydrogens is 222 g/mol. The highest BCUT2D eigenvalue weighted by Gasteiger charge is 2.22. The van der Waals surface area contributed by atoms with Gasteiger partial charge < -0.3 is 10.5 Å². The normalized spacial score (nSPS) is 24.1. The van der Waals surface area contributed by atoms with E-state index in [1.807, 2.05) is 12.1 Å². The standard InChI is InChI=1S/C16H25NO/c1-2-3-4-5-13-6-11-16(18-12-13)14-7-9-15(17)10-8-14/h7-10,13,16H,2-6,11-12,17H2,1H3. The quantitative estimate of drug-likeness (QED) is 0.621. The maximum atomic E-state index is 6.01. The Kier molecular flexibility index (Phi) is 5.06. The van der Waals surface area contributed by atoms with Crippen LogP contribution in [-0.2, 0) is 4.74 Å². The maximum Gasteiger partial charge on any atom is 0.0825 e. The van der Waals surface area contributed by atoms with Crippen molar-refractivity contribution < 1.29 is 4.74 Å². The Balaban J connectivity index is 1.77. The molecule has 100 valence electrons. The lowest BCUT2D eigenvalue weighted by molar-refractivity contribution is -0.0198. The van der Waals surface area contributed by atoms with Crippen LogP contribution in [0.5, 0.6) is 0 Å². The van der Waals surface area contributed by atoms with E-state index in [9.17, 15) is 0 Å². The molecule has 2 nitrogen and oxygen atoms in total. The molecule has 0 aliphatic carbocycles. The van der Waals surface area contributed by atoms with E-state index in [-0.39, 0.29) is 6.10 Å². The molecule has 2 heteroatoms. The Labute approximate surface area is 111 Å². The first-order valence-electron chi connectivity index (χ1n) is 7.26. The van der Waals surface area contributed by atoms with E-state index in [2.05, 4.69) is 19.1 Å². The summed E-state index contributed by atoms with van der Waals surface area (Å²) in [5, 5.41) is 0. The van der Waals surface area contributed by atoms with Gasteiger partial charge in [-0.3, -0.25) is 0 Å². The van der Waals surface area contributed by atoms with Gasteiger partial charge in [-0.05, 0) is 42.9 Å². The van der Waals surface area contributed by atoms with Gasteiger partial charge in [-0.1, -0.05) is 38.3 Å². The highest BCUT2D eigenvalue weighted by atomic mass is 16.5. The molecule has 1 aliphatic heterocycles. The number of nitrogen functional groups attached to an aromatic ring is 1. The molecule has 2 rings (SSSR count). The maximum absolute atomic E-state index is 6.01. The Morgan fingerprint density at radius 2 is 1.94 bits per heavy atom. The van der Waals surface area contributed by atoms with Crippen molar-refractivity contribution >= 4 is 5.69 Å². The average molecular weight is 247 g/mol. The molecule has 0 amide bonds. The van der Waals surface area contributed by atoms with Crippen LogP contribution in [0.1, 0.15) is 57.1 Å². The van der Waals surface area contributed by atoms with Crippen LogP contribution in [0.15, 0.2) is 24.3 Å². The van der Waals surface area contributed by atoms with Gasteiger partial charge in [0.1, 0.15) is 0 Å². The van der Waals surface area contributed by atoms with Crippen molar-refractivity contribution in [1.82, 2.24) is 0 Å². The van der Waals surface area contributed by atoms with E-state index in [0.29, 0.717) is 0 Å². The molecule has 1 aromatic rings. The molecule has 0 aromatic heterocycles. The van der Waals surface area contributed by atoms with Crippen LogP contribution >= 0.6 is 0 Å². The molecule has 1 saturated heterocycles. The van der Waals surface area contributed by atoms with Crippen molar-refractivity contribution in [1.29, 1.82) is 0 Å². The van der Waals surface area contributed by atoms with Gasteiger partial charge in [0.25, 0.3) is 0 Å². The fourth-order valence-corrected chi connectivity index (χ4v) is 2.69. The summed E-state index contributed by atoms with van der Waals surface area (Å²) in [4.78, 5) is 0. The monoisotopic (exact) mass is 247 g/mol. The number of hydrogen-bond donors (Lipinski definition) is 1. The van der Waals surface area contributed by atoms with Crippen LogP contribution in [-0.4, -0.2) is 6.61 Å². The Bertz CT molecular complexity index is 339. The van der Waals surface area contributed by atoms with Gasteiger partial charge in [-0.15, -0.1) is 0 Å². The van der Waals surface area contributed by atoms with Crippen molar-refractivity contribution in [2.75, 3.05) is 12.3 Å². The highest BCUT2D eigenvalue weighted by molar-refractivity contribution is 5.39. The van der Waals surface area contributed by atoms with Gasteiger partial charge >= 0.3 is 0 Å². The van der Waals surface area contributed by atoms with Gasteiger partial charge in [0, 0.05) is 5.69 Å². The third-order valence-corrected chi connectivity index (χ3v) is 3.89. The summed E-state index contributed by atoms with van der Waals surface area (Å²) in [5.74, 6) is 0.779. The third kappa shape index (κ3) is 3.74. The van der Waals surface area contributed by atoms with Gasteiger partial charge in [-0.2, -0.15) is 0 Å². The minimum Gasteiger partial charge on any atom is -0.399 e. The van der Waals surface area contributed by atoms with E-state index in [0.717, 1.165) is 24.6 Å². The van der Waals surface area contributed by atoms with E-state index < -0.39 is 0 Å². The number of anilines is 1. The fraction of sp³-hybridized carbons (Fsp3) is 0.625. The minimum absolute atomic E-state index is 0.285. The molecule has 0 bridgehead atoms. The zero-order chi connectivity index (χ0) is 12.8. The van der Waals surface area contributed by atoms with Crippen LogP contribution in [0, 0.1) is 5.92 Å². The SMILES string of the molecule is CCCCCC1CCC(c2ccc(N)cc2)OC1. The Hall–Kier alpha value is -1.02. The summed E-state index contributed by atoms with van der Waals surface area (Å²) in [5.41, 5.74) is 7.81. The van der Waals surface area contributed by atoms with Crippen molar-refractivity contribution in [3.05, 3.63) is 29.8 Å². The number of nitrogens with two attached hydrogens (primary N) is 1. The predicted octanol–water partition coefficient (Wildman–Crippen LogP) is 4.32. The zero-order valence-electron chi connectivity index (χ0n) is 11.4. The minimum atomic E-state index is 0.285. The molecule has 0 spiro atoms. The second kappa shape index (κ2) is 6.79. The summed E-state index contributed by atoms with van der Waals surface area (Å²) in [6.07, 6.45) is 8.10. The first kappa shape index (κ1) is 13.4. The number of benzene rings is 1. The third-order valence-electron chi connectivity index (χ3n) is 3.89. The summed E-state index contributed by atoms with van der Waals surface area (Å²) < 4.78 is 6.01. The lowest BCUT2D eigenvalue weighted by Gasteiger charge is -2.29. The number of rotatable bonds is 5. The largest absolute Gasteiger partial charge is 0.399 e. The van der Waals surface area contributed by atoms with E-state index >= 15 is 0 Å². The highest BCUT2D eigenvalue weighted by Crippen LogP contribution is 2.32. The van der Waals surface area contributed by atoms with Crippen molar-refractivity contribution in [2.45, 2.75) is 51.6 Å². The summed E-state index contributed by atoms with van der Waals surface area (Å²) >= 11 is 0. The Morgan fingerprint density at radius 1 is 1.17 bits per heavy atom. The van der Waals surface area contributed by atoms with E-state index in [1.165, 1.54) is 37.7 Å². The van der Waals surface area contributed by atoms with Crippen LogP contribution in [0.3, 0.4) is 0 Å². The smallest absolute Gasteiger partial charge is 0.0825 e. The van der Waals surface area contributed by atoms with E-state index in [4.69, 9.17) is 10.5 Å². The predicted molar refractivity (Wildman–Crippen MR) is 76.4 cm³/mol. The molecule has 0 radical (unpaired) electrons. The molecule has 2 unspecified atom stereocenters. The molecule has 1 aromatic carbocycles. The van der Waals surface area contributed by atoms with Gasteiger partial charge in [0.05, 0.1) is 12.7 Å². The number of hydrogen-bond acceptors (Lipinski definition) is 2. The first-order chi connectivity index (χ1) is 8.79. The lowest BCUT2D eigenvalue weighted by atomic mass is 9.91. The van der Waals surface area contributed by atoms with E-state index in [1.54, 1.807) is 0 Å². The van der Waals surface area contributed by atoms with Gasteiger partial charge in [-0.25, -0.2) is 0 Å². The molecule has 0 saturated carbocycles. The van der Waals surface area contributed by atoms with Crippen molar-refractivity contribution in [3.8, 4) is 0 Å². The van der Waals surface area contributed by atoms with Gasteiger partial charge in [0.2, 0.25) is 0 Å². The zero-order valence-corrected chi connectivity index (χ0v) is 11.4. The van der Waals surface area contributed by atoms with Crippen molar-refractivity contribution in [2.24, 2.45) is 5.92 Å². The second-order valence-electron chi connectivity index (χ2n) is 5.43. The first-order valence-corrected chi connectivity index (χ1v) is 7.26. The Morgan fingerprint density at radius 3 is 2.56 bits per heavy atom. The molecule has 18 heavy (non-hydrogen) atoms. The number of unbranched alkanes of at least 4 members (excludes halogenated alkanes) is 2. The van der Waals surface area contributed by atoms with Crippen LogP contribution in [0.25, 0.3) is 0 Å². The molecule has 2 atom stereocenters. The van der Waals surface area contributed by atoms with Crippen LogP contribution in [0.2, 0.25) is 0 Å². The summed E-state index contributed by atoms with van der Waals surface area (Å²) in [6, 6.07) is 8.12. The molecule has 2 N–H and O–H groups in total. The fourth-order valence-electron chi connectivity index (χ4n) is 2.69. The van der Waals surface area contributed by atoms with Crippen molar-refractivity contribution in [3.63, 3.8) is 0 Å². The molecular formula is C16H25NO. The topological polar surface area (TPSA) is 35.2 Å². The van der Waals surface area contributed by atoms with Crippen LogP contribution in [0.4, 0.5) is 5.69 Å². The molecule has 1 fully saturated rings. The number of ether oxygens (including phenoxy) is 1. The lowest BCUT2D eigenvalue weighted by Crippen LogP contribution is -2.20. The second-order valence-corrected chi connectivity index (χ2v) is 5.43. The molecule has 1 aliphatic rings. The van der Waals surface area contributed by atoms with Gasteiger partial charge in [0.15, 0.2) is 0 Å². The average Bonchev–Trinajstić information content (AvgIpc) is 2.41. The molecule has 1 heterocycles. The summed E-state index contributed by atoms with van der Waals surface area (Å²) in [7, 11) is 0. The van der Waals surface area contributed by atoms with Crippen LogP contribution < -0.4 is 5.73 Å². The summed E-state index contributed by atoms with van der Waals surface area (Å²) in [6.45, 7) is 3.19.